The minimum atomic E-state index is -3.78. The Hall–Kier alpha value is -3.82. The van der Waals surface area contributed by atoms with E-state index in [1.165, 1.54) is 12.1 Å². The number of unbranched alkanes of at least 4 members (excludes halogenated alkanes) is 1. The van der Waals surface area contributed by atoms with Gasteiger partial charge >= 0.3 is 5.97 Å². The molecule has 1 atom stereocenters. The molecule has 208 valence electrons. The number of aliphatic carboxylic acids is 1. The van der Waals surface area contributed by atoms with Gasteiger partial charge in [0.05, 0.1) is 24.2 Å². The van der Waals surface area contributed by atoms with Crippen LogP contribution in [-0.4, -0.2) is 43.9 Å². The molecule has 3 aromatic carbocycles. The lowest BCUT2D eigenvalue weighted by Crippen LogP contribution is -2.13. The quantitative estimate of drug-likeness (QED) is 0.200. The number of aliphatic hydroxyl groups is 1. The number of rotatable bonds is 16. The van der Waals surface area contributed by atoms with Crippen molar-refractivity contribution >= 4 is 27.8 Å². The number of carbonyl (C=O) groups is 1. The molecule has 0 spiro atoms. The highest BCUT2D eigenvalue weighted by Gasteiger charge is 2.14. The maximum Gasteiger partial charge on any atom is 0.303 e. The van der Waals surface area contributed by atoms with Crippen molar-refractivity contribution in [1.82, 2.24) is 0 Å². The van der Waals surface area contributed by atoms with Gasteiger partial charge < -0.3 is 19.7 Å². The molecule has 0 aliphatic rings. The lowest BCUT2D eigenvalue weighted by atomic mass is 10.1. The third-order valence-electron chi connectivity index (χ3n) is 5.80. The van der Waals surface area contributed by atoms with Gasteiger partial charge in [-0.2, -0.15) is 0 Å². The van der Waals surface area contributed by atoms with Crippen LogP contribution in [0.4, 0.5) is 5.69 Å². The van der Waals surface area contributed by atoms with E-state index in [-0.39, 0.29) is 17.9 Å². The van der Waals surface area contributed by atoms with Gasteiger partial charge in [-0.1, -0.05) is 55.8 Å². The van der Waals surface area contributed by atoms with Crippen LogP contribution in [0.2, 0.25) is 0 Å². The van der Waals surface area contributed by atoms with E-state index in [4.69, 9.17) is 14.6 Å². The highest BCUT2D eigenvalue weighted by atomic mass is 32.2. The average molecular weight is 554 g/mol. The summed E-state index contributed by atoms with van der Waals surface area (Å²) in [4.78, 5) is 11.0. The molecule has 0 saturated carbocycles. The molecular formula is C30H35NO7S. The maximum absolute atomic E-state index is 12.8. The molecule has 0 fully saturated rings. The molecule has 1 unspecified atom stereocenters. The summed E-state index contributed by atoms with van der Waals surface area (Å²) in [5.74, 6) is 0.360. The molecule has 0 amide bonds. The van der Waals surface area contributed by atoms with Gasteiger partial charge in [0.15, 0.2) is 0 Å². The summed E-state index contributed by atoms with van der Waals surface area (Å²) in [6, 6.07) is 20.4. The van der Waals surface area contributed by atoms with Crippen molar-refractivity contribution < 1.29 is 32.9 Å². The minimum Gasteiger partial charge on any atom is -0.494 e. The summed E-state index contributed by atoms with van der Waals surface area (Å²) in [5.41, 5.74) is 1.92. The topological polar surface area (TPSA) is 122 Å². The second-order valence-corrected chi connectivity index (χ2v) is 10.7. The normalized spacial score (nSPS) is 12.3. The van der Waals surface area contributed by atoms with Crippen LogP contribution in [0.25, 0.3) is 6.08 Å². The van der Waals surface area contributed by atoms with E-state index in [9.17, 15) is 18.3 Å². The van der Waals surface area contributed by atoms with E-state index in [0.29, 0.717) is 42.2 Å². The van der Waals surface area contributed by atoms with E-state index >= 15 is 0 Å². The number of sulfonamides is 1. The minimum absolute atomic E-state index is 0.0152. The second-order valence-electron chi connectivity index (χ2n) is 8.97. The van der Waals surface area contributed by atoms with Gasteiger partial charge in [-0.25, -0.2) is 8.42 Å². The molecule has 3 aromatic rings. The second kappa shape index (κ2) is 14.9. The number of ether oxygens (including phenoxy) is 2. The summed E-state index contributed by atoms with van der Waals surface area (Å²) < 4.78 is 39.6. The van der Waals surface area contributed by atoms with Crippen molar-refractivity contribution in [3.05, 3.63) is 90.0 Å². The highest BCUT2D eigenvalue weighted by Crippen LogP contribution is 2.22. The number of hydrogen-bond donors (Lipinski definition) is 3. The van der Waals surface area contributed by atoms with E-state index < -0.39 is 22.1 Å². The number of aliphatic hydroxyl groups excluding tert-OH is 1. The zero-order valence-corrected chi connectivity index (χ0v) is 22.8. The van der Waals surface area contributed by atoms with Crippen LogP contribution in [0.5, 0.6) is 11.5 Å². The smallest absolute Gasteiger partial charge is 0.303 e. The number of benzene rings is 3. The highest BCUT2D eigenvalue weighted by molar-refractivity contribution is 7.92. The Labute approximate surface area is 230 Å². The maximum atomic E-state index is 12.8. The van der Waals surface area contributed by atoms with Gasteiger partial charge in [-0.05, 0) is 66.4 Å². The lowest BCUT2D eigenvalue weighted by Gasteiger charge is -2.12. The Morgan fingerprint density at radius 2 is 1.77 bits per heavy atom. The first-order valence-electron chi connectivity index (χ1n) is 12.9. The van der Waals surface area contributed by atoms with Crippen LogP contribution in [0.1, 0.15) is 43.7 Å². The first-order valence-corrected chi connectivity index (χ1v) is 14.4. The van der Waals surface area contributed by atoms with Gasteiger partial charge in [0.2, 0.25) is 0 Å². The molecule has 0 bridgehead atoms. The van der Waals surface area contributed by atoms with Crippen molar-refractivity contribution in [3.8, 4) is 11.5 Å². The van der Waals surface area contributed by atoms with Crippen LogP contribution in [0.3, 0.4) is 0 Å². The van der Waals surface area contributed by atoms with Crippen LogP contribution in [-0.2, 0) is 21.2 Å². The van der Waals surface area contributed by atoms with E-state index in [1.807, 2.05) is 18.2 Å². The molecule has 8 nitrogen and oxygen atoms in total. The van der Waals surface area contributed by atoms with E-state index in [1.54, 1.807) is 54.6 Å². The Bertz CT molecular complexity index is 1340. The Morgan fingerprint density at radius 3 is 2.51 bits per heavy atom. The van der Waals surface area contributed by atoms with Gasteiger partial charge in [-0.3, -0.25) is 9.52 Å². The van der Waals surface area contributed by atoms with Crippen molar-refractivity contribution in [2.75, 3.05) is 17.9 Å². The lowest BCUT2D eigenvalue weighted by molar-refractivity contribution is -0.136. The fourth-order valence-electron chi connectivity index (χ4n) is 3.67. The van der Waals surface area contributed by atoms with Crippen LogP contribution >= 0.6 is 0 Å². The van der Waals surface area contributed by atoms with Crippen molar-refractivity contribution in [3.63, 3.8) is 0 Å². The molecule has 3 rings (SSSR count). The van der Waals surface area contributed by atoms with Crippen LogP contribution < -0.4 is 14.2 Å². The molecule has 0 aliphatic heterocycles. The summed E-state index contributed by atoms with van der Waals surface area (Å²) in [7, 11) is -3.78. The first kappa shape index (κ1) is 29.7. The third kappa shape index (κ3) is 10.1. The molecular weight excluding hydrogens is 518 g/mol. The summed E-state index contributed by atoms with van der Waals surface area (Å²) in [6.07, 6.45) is 5.21. The van der Waals surface area contributed by atoms with Crippen molar-refractivity contribution in [2.24, 2.45) is 0 Å². The molecule has 0 radical (unpaired) electrons. The Morgan fingerprint density at radius 1 is 1.00 bits per heavy atom. The predicted molar refractivity (Wildman–Crippen MR) is 152 cm³/mol. The van der Waals surface area contributed by atoms with Gasteiger partial charge in [0.25, 0.3) is 10.0 Å². The number of nitrogens with one attached hydrogen (secondary N) is 1. The number of para-hydroxylation sites is 1. The largest absolute Gasteiger partial charge is 0.494 e. The van der Waals surface area contributed by atoms with Crippen molar-refractivity contribution in [1.29, 1.82) is 0 Å². The summed E-state index contributed by atoms with van der Waals surface area (Å²) >= 11 is 0. The molecule has 0 saturated heterocycles. The number of hydrogen-bond acceptors (Lipinski definition) is 6. The molecule has 0 heterocycles. The first-order chi connectivity index (χ1) is 18.8. The van der Waals surface area contributed by atoms with Gasteiger partial charge in [0.1, 0.15) is 11.5 Å². The predicted octanol–water partition coefficient (Wildman–Crippen LogP) is 5.53. The number of aryl methyl sites for hydroxylation is 1. The van der Waals surface area contributed by atoms with Gasteiger partial charge in [-0.15, -0.1) is 0 Å². The van der Waals surface area contributed by atoms with Crippen molar-refractivity contribution in [2.45, 2.75) is 50.0 Å². The SMILES string of the molecule is CCCCOc1ccc(S(=O)(=O)Nc2cccc(/C=C/C(O)CCOc3ccccc3CCC(=O)O)c2)cc1. The summed E-state index contributed by atoms with van der Waals surface area (Å²) in [5, 5.41) is 19.3. The average Bonchev–Trinajstić information content (AvgIpc) is 2.92. The van der Waals surface area contributed by atoms with Crippen LogP contribution in [0, 0.1) is 0 Å². The van der Waals surface area contributed by atoms with Gasteiger partial charge in [0, 0.05) is 18.5 Å². The molecule has 3 N–H and O–H groups in total. The Balaban J connectivity index is 1.53. The number of carboxylic acid groups (broad SMARTS) is 1. The fourth-order valence-corrected chi connectivity index (χ4v) is 4.72. The summed E-state index contributed by atoms with van der Waals surface area (Å²) in [6.45, 7) is 2.91. The van der Waals surface area contributed by atoms with E-state index in [0.717, 1.165) is 18.4 Å². The molecule has 9 heteroatoms. The third-order valence-corrected chi connectivity index (χ3v) is 7.20. The fraction of sp³-hybridized carbons (Fsp3) is 0.300. The van der Waals surface area contributed by atoms with Crippen LogP contribution in [0.15, 0.2) is 83.8 Å². The molecule has 0 aliphatic carbocycles. The zero-order chi connectivity index (χ0) is 28.1. The van der Waals surface area contributed by atoms with E-state index in [2.05, 4.69) is 11.6 Å². The molecule has 39 heavy (non-hydrogen) atoms. The number of anilines is 1. The molecule has 0 aromatic heterocycles. The zero-order valence-electron chi connectivity index (χ0n) is 22.0. The standard InChI is InChI=1S/C30H35NO7S/c1-2-3-20-37-27-14-16-28(17-15-27)39(35,36)31-25-9-6-7-23(22-25)11-13-26(32)19-21-38-29-10-5-4-8-24(29)12-18-30(33)34/h4-11,13-17,22,26,31-32H,2-3,12,18-21H2,1H3,(H,33,34)/b13-11+. The number of carboxylic acids is 1. The Kier molecular flexibility index (Phi) is 11.4. The monoisotopic (exact) mass is 553 g/mol.